The van der Waals surface area contributed by atoms with Crippen LogP contribution in [-0.4, -0.2) is 49.9 Å². The van der Waals surface area contributed by atoms with Crippen molar-refractivity contribution in [3.05, 3.63) is 59.2 Å². The second-order valence-corrected chi connectivity index (χ2v) is 5.66. The van der Waals surface area contributed by atoms with E-state index in [-0.39, 0.29) is 30.8 Å². The summed E-state index contributed by atoms with van der Waals surface area (Å²) in [5, 5.41) is 2.70. The van der Waals surface area contributed by atoms with E-state index >= 15 is 0 Å². The molecule has 0 unspecified atom stereocenters. The van der Waals surface area contributed by atoms with Crippen molar-refractivity contribution in [1.82, 2.24) is 10.2 Å². The van der Waals surface area contributed by atoms with Gasteiger partial charge >= 0.3 is 0 Å². The topological polar surface area (TPSA) is 84.9 Å². The van der Waals surface area contributed by atoms with E-state index < -0.39 is 0 Å². The van der Waals surface area contributed by atoms with Gasteiger partial charge in [-0.15, -0.1) is 0 Å². The van der Waals surface area contributed by atoms with Crippen molar-refractivity contribution in [2.24, 2.45) is 0 Å². The largest absolute Gasteiger partial charge is 0.497 e. The molecule has 134 valence electrons. The third-order valence-corrected chi connectivity index (χ3v) is 4.11. The first-order chi connectivity index (χ1) is 12.5. The quantitative estimate of drug-likeness (QED) is 0.799. The van der Waals surface area contributed by atoms with Gasteiger partial charge in [-0.25, -0.2) is 0 Å². The Kier molecular flexibility index (Phi) is 4.88. The van der Waals surface area contributed by atoms with Crippen LogP contribution in [0, 0.1) is 0 Å². The highest BCUT2D eigenvalue weighted by atomic mass is 16.5. The molecule has 7 heteroatoms. The highest BCUT2D eigenvalue weighted by Gasteiger charge is 2.34. The SMILES string of the molecule is COc1cc(OC)cc(C(=O)NCCN2C(=O)c3ccccc3C2=O)c1. The summed E-state index contributed by atoms with van der Waals surface area (Å²) in [5.41, 5.74) is 1.14. The Morgan fingerprint density at radius 3 is 2.00 bits per heavy atom. The van der Waals surface area contributed by atoms with Crippen molar-refractivity contribution in [3.8, 4) is 11.5 Å². The van der Waals surface area contributed by atoms with E-state index in [1.807, 2.05) is 0 Å². The van der Waals surface area contributed by atoms with Crippen LogP contribution in [0.25, 0.3) is 0 Å². The first kappa shape index (κ1) is 17.5. The van der Waals surface area contributed by atoms with Gasteiger partial charge in [0.1, 0.15) is 11.5 Å². The number of nitrogens with zero attached hydrogens (tertiary/aromatic N) is 1. The summed E-state index contributed by atoms with van der Waals surface area (Å²) in [6, 6.07) is 11.5. The van der Waals surface area contributed by atoms with Crippen LogP contribution in [0.15, 0.2) is 42.5 Å². The van der Waals surface area contributed by atoms with Crippen molar-refractivity contribution in [1.29, 1.82) is 0 Å². The summed E-state index contributed by atoms with van der Waals surface area (Å²) in [6.45, 7) is 0.239. The minimum atomic E-state index is -0.348. The molecule has 1 heterocycles. The Morgan fingerprint density at radius 1 is 0.962 bits per heavy atom. The molecule has 0 aliphatic carbocycles. The van der Waals surface area contributed by atoms with E-state index in [2.05, 4.69) is 5.32 Å². The van der Waals surface area contributed by atoms with E-state index in [9.17, 15) is 14.4 Å². The molecule has 7 nitrogen and oxygen atoms in total. The van der Waals surface area contributed by atoms with Crippen molar-refractivity contribution in [2.45, 2.75) is 0 Å². The predicted molar refractivity (Wildman–Crippen MR) is 93.7 cm³/mol. The number of nitrogens with one attached hydrogen (secondary N) is 1. The fourth-order valence-electron chi connectivity index (χ4n) is 2.76. The zero-order valence-electron chi connectivity index (χ0n) is 14.4. The van der Waals surface area contributed by atoms with Gasteiger partial charge in [0.05, 0.1) is 25.3 Å². The van der Waals surface area contributed by atoms with Crippen molar-refractivity contribution >= 4 is 17.7 Å². The molecule has 26 heavy (non-hydrogen) atoms. The first-order valence-corrected chi connectivity index (χ1v) is 8.01. The van der Waals surface area contributed by atoms with Crippen LogP contribution in [0.3, 0.4) is 0 Å². The number of hydrogen-bond donors (Lipinski definition) is 1. The van der Waals surface area contributed by atoms with Crippen LogP contribution in [0.2, 0.25) is 0 Å². The average molecular weight is 354 g/mol. The maximum absolute atomic E-state index is 12.3. The van der Waals surface area contributed by atoms with Gasteiger partial charge < -0.3 is 14.8 Å². The molecule has 0 atom stereocenters. The fraction of sp³-hybridized carbons (Fsp3) is 0.211. The van der Waals surface area contributed by atoms with Gasteiger partial charge in [0.2, 0.25) is 0 Å². The lowest BCUT2D eigenvalue weighted by molar-refractivity contribution is 0.0650. The summed E-state index contributed by atoms with van der Waals surface area (Å²) in [4.78, 5) is 38.0. The highest BCUT2D eigenvalue weighted by molar-refractivity contribution is 6.21. The highest BCUT2D eigenvalue weighted by Crippen LogP contribution is 2.23. The molecule has 1 aliphatic rings. The maximum Gasteiger partial charge on any atom is 0.261 e. The molecule has 2 aromatic rings. The lowest BCUT2D eigenvalue weighted by Crippen LogP contribution is -2.38. The lowest BCUT2D eigenvalue weighted by atomic mass is 10.1. The molecule has 0 radical (unpaired) electrons. The molecule has 1 N–H and O–H groups in total. The van der Waals surface area contributed by atoms with E-state index in [1.54, 1.807) is 42.5 Å². The number of rotatable bonds is 6. The van der Waals surface area contributed by atoms with Gasteiger partial charge in [0.15, 0.2) is 0 Å². The molecular formula is C19H18N2O5. The third-order valence-electron chi connectivity index (χ3n) is 4.11. The van der Waals surface area contributed by atoms with Crippen LogP contribution in [-0.2, 0) is 0 Å². The fourth-order valence-corrected chi connectivity index (χ4v) is 2.76. The molecule has 0 spiro atoms. The maximum atomic E-state index is 12.3. The summed E-state index contributed by atoms with van der Waals surface area (Å²) in [7, 11) is 3.00. The number of carbonyl (C=O) groups is 3. The number of ether oxygens (including phenoxy) is 2. The summed E-state index contributed by atoms with van der Waals surface area (Å²) >= 11 is 0. The van der Waals surface area contributed by atoms with Crippen LogP contribution in [0.1, 0.15) is 31.1 Å². The minimum Gasteiger partial charge on any atom is -0.497 e. The molecule has 0 fully saturated rings. The Balaban J connectivity index is 1.63. The molecule has 3 amide bonds. The van der Waals surface area contributed by atoms with E-state index in [0.29, 0.717) is 28.2 Å². The van der Waals surface area contributed by atoms with E-state index in [4.69, 9.17) is 9.47 Å². The standard InChI is InChI=1S/C19H18N2O5/c1-25-13-9-12(10-14(11-13)26-2)17(22)20-7-8-21-18(23)15-5-3-4-6-16(15)19(21)24/h3-6,9-11H,7-8H2,1-2H3,(H,20,22). The van der Waals surface area contributed by atoms with Gasteiger partial charge in [-0.3, -0.25) is 19.3 Å². The number of benzene rings is 2. The number of carbonyl (C=O) groups excluding carboxylic acids is 3. The predicted octanol–water partition coefficient (Wildman–Crippen LogP) is 1.73. The van der Waals surface area contributed by atoms with E-state index in [0.717, 1.165) is 4.90 Å². The number of methoxy groups -OCH3 is 2. The Labute approximate surface area is 150 Å². The molecule has 2 aromatic carbocycles. The van der Waals surface area contributed by atoms with Gasteiger partial charge in [0.25, 0.3) is 17.7 Å². The zero-order chi connectivity index (χ0) is 18.7. The zero-order valence-corrected chi connectivity index (χ0v) is 14.4. The lowest BCUT2D eigenvalue weighted by Gasteiger charge is -2.14. The second kappa shape index (κ2) is 7.26. The Hall–Kier alpha value is -3.35. The third kappa shape index (κ3) is 3.23. The van der Waals surface area contributed by atoms with Gasteiger partial charge in [-0.1, -0.05) is 12.1 Å². The molecule has 0 saturated carbocycles. The molecule has 0 aromatic heterocycles. The van der Waals surface area contributed by atoms with Crippen molar-refractivity contribution in [3.63, 3.8) is 0 Å². The Bertz CT molecular complexity index is 821. The van der Waals surface area contributed by atoms with Gasteiger partial charge in [0, 0.05) is 24.7 Å². The molecular weight excluding hydrogens is 336 g/mol. The average Bonchev–Trinajstić information content (AvgIpc) is 2.92. The molecule has 0 bridgehead atoms. The van der Waals surface area contributed by atoms with Crippen molar-refractivity contribution < 1.29 is 23.9 Å². The smallest absolute Gasteiger partial charge is 0.261 e. The number of hydrogen-bond acceptors (Lipinski definition) is 5. The van der Waals surface area contributed by atoms with E-state index in [1.165, 1.54) is 14.2 Å². The summed E-state index contributed by atoms with van der Waals surface area (Å²) in [6.07, 6.45) is 0. The molecule has 1 aliphatic heterocycles. The van der Waals surface area contributed by atoms with Gasteiger partial charge in [-0.05, 0) is 24.3 Å². The molecule has 3 rings (SSSR count). The summed E-state index contributed by atoms with van der Waals surface area (Å²) in [5.74, 6) is -0.0469. The monoisotopic (exact) mass is 354 g/mol. The Morgan fingerprint density at radius 2 is 1.50 bits per heavy atom. The number of amides is 3. The van der Waals surface area contributed by atoms with Crippen LogP contribution in [0.4, 0.5) is 0 Å². The summed E-state index contributed by atoms with van der Waals surface area (Å²) < 4.78 is 10.3. The minimum absolute atomic E-state index is 0.0964. The first-order valence-electron chi connectivity index (χ1n) is 8.01. The number of imide groups is 1. The second-order valence-electron chi connectivity index (χ2n) is 5.66. The number of fused-ring (bicyclic) bond motifs is 1. The van der Waals surface area contributed by atoms with Crippen molar-refractivity contribution in [2.75, 3.05) is 27.3 Å². The normalized spacial score (nSPS) is 12.8. The van der Waals surface area contributed by atoms with Crippen LogP contribution < -0.4 is 14.8 Å². The van der Waals surface area contributed by atoms with Crippen LogP contribution >= 0.6 is 0 Å². The van der Waals surface area contributed by atoms with Gasteiger partial charge in [-0.2, -0.15) is 0 Å². The molecule has 0 saturated heterocycles. The van der Waals surface area contributed by atoms with Crippen LogP contribution in [0.5, 0.6) is 11.5 Å².